The van der Waals surface area contributed by atoms with Crippen molar-refractivity contribution in [2.24, 2.45) is 0 Å². The zero-order chi connectivity index (χ0) is 15.5. The Kier molecular flexibility index (Phi) is 3.89. The highest BCUT2D eigenvalue weighted by atomic mass is 16.3. The van der Waals surface area contributed by atoms with Gasteiger partial charge in [-0.25, -0.2) is 4.98 Å². The molecule has 5 heteroatoms. The van der Waals surface area contributed by atoms with Crippen molar-refractivity contribution in [1.82, 2.24) is 19.5 Å². The minimum Gasteiger partial charge on any atom is -0.395 e. The number of fused-ring (bicyclic) bond motifs is 1. The van der Waals surface area contributed by atoms with Gasteiger partial charge in [0, 0.05) is 42.0 Å². The first-order valence-corrected chi connectivity index (χ1v) is 7.17. The third-order valence-electron chi connectivity index (χ3n) is 3.58. The van der Waals surface area contributed by atoms with Crippen molar-refractivity contribution in [3.05, 3.63) is 48.6 Å². The van der Waals surface area contributed by atoms with Gasteiger partial charge in [0.2, 0.25) is 0 Å². The van der Waals surface area contributed by atoms with Crippen LogP contribution in [0.25, 0.3) is 34.6 Å². The molecule has 0 amide bonds. The fourth-order valence-corrected chi connectivity index (χ4v) is 2.65. The molecule has 0 aliphatic carbocycles. The van der Waals surface area contributed by atoms with Crippen LogP contribution in [0, 0.1) is 0 Å². The van der Waals surface area contributed by atoms with Gasteiger partial charge in [-0.15, -0.1) is 0 Å². The van der Waals surface area contributed by atoms with E-state index >= 15 is 0 Å². The lowest BCUT2D eigenvalue weighted by molar-refractivity contribution is 0.276. The van der Waals surface area contributed by atoms with Crippen LogP contribution in [0.4, 0.5) is 0 Å². The first kappa shape index (κ1) is 14.3. The number of aromatic amines is 1. The fourth-order valence-electron chi connectivity index (χ4n) is 2.65. The first-order valence-electron chi connectivity index (χ1n) is 7.17. The van der Waals surface area contributed by atoms with Crippen LogP contribution in [0.5, 0.6) is 0 Å². The number of hydrogen-bond acceptors (Lipinski definition) is 3. The largest absolute Gasteiger partial charge is 0.395 e. The Morgan fingerprint density at radius 2 is 2.18 bits per heavy atom. The third-order valence-corrected chi connectivity index (χ3v) is 3.58. The van der Waals surface area contributed by atoms with E-state index in [0.29, 0.717) is 6.54 Å². The van der Waals surface area contributed by atoms with Crippen LogP contribution in [-0.2, 0) is 6.54 Å². The molecule has 3 heterocycles. The molecule has 3 aromatic rings. The molecule has 0 spiro atoms. The van der Waals surface area contributed by atoms with Crippen molar-refractivity contribution in [1.29, 1.82) is 0 Å². The summed E-state index contributed by atoms with van der Waals surface area (Å²) in [6.07, 6.45) is 11.2. The van der Waals surface area contributed by atoms with Gasteiger partial charge in [0.1, 0.15) is 5.52 Å². The third kappa shape index (κ3) is 2.35. The quantitative estimate of drug-likeness (QED) is 0.760. The summed E-state index contributed by atoms with van der Waals surface area (Å²) in [5.41, 5.74) is 5.61. The van der Waals surface area contributed by atoms with Crippen molar-refractivity contribution in [3.8, 4) is 11.3 Å². The van der Waals surface area contributed by atoms with E-state index in [9.17, 15) is 5.11 Å². The van der Waals surface area contributed by atoms with Gasteiger partial charge in [-0.3, -0.25) is 4.98 Å². The summed E-state index contributed by atoms with van der Waals surface area (Å²) in [7, 11) is 0. The molecule has 0 fully saturated rings. The van der Waals surface area contributed by atoms with E-state index in [-0.39, 0.29) is 6.61 Å². The average molecular weight is 294 g/mol. The smallest absolute Gasteiger partial charge is 0.156 e. The lowest BCUT2D eigenvalue weighted by Crippen LogP contribution is -2.02. The number of allylic oxidation sites excluding steroid dienone is 1. The molecule has 0 radical (unpaired) electrons. The van der Waals surface area contributed by atoms with E-state index in [0.717, 1.165) is 33.7 Å². The van der Waals surface area contributed by atoms with Gasteiger partial charge in [-0.05, 0) is 19.1 Å². The van der Waals surface area contributed by atoms with Crippen LogP contribution in [0.3, 0.4) is 0 Å². The Morgan fingerprint density at radius 3 is 2.86 bits per heavy atom. The van der Waals surface area contributed by atoms with E-state index in [4.69, 9.17) is 0 Å². The number of rotatable bonds is 5. The van der Waals surface area contributed by atoms with E-state index in [1.807, 2.05) is 42.0 Å². The second-order valence-corrected chi connectivity index (χ2v) is 4.94. The molecular weight excluding hydrogens is 276 g/mol. The molecule has 0 saturated carbocycles. The Hall–Kier alpha value is -2.66. The van der Waals surface area contributed by atoms with Crippen LogP contribution in [0.15, 0.2) is 37.3 Å². The van der Waals surface area contributed by atoms with Gasteiger partial charge in [0.05, 0.1) is 12.3 Å². The summed E-state index contributed by atoms with van der Waals surface area (Å²) in [5, 5.41) is 9.27. The highest BCUT2D eigenvalue weighted by Gasteiger charge is 2.15. The molecule has 0 aromatic carbocycles. The normalized spacial score (nSPS) is 11.5. The maximum absolute atomic E-state index is 9.27. The molecule has 0 aliphatic heterocycles. The lowest BCUT2D eigenvalue weighted by Gasteiger charge is -2.04. The Labute approximate surface area is 128 Å². The van der Waals surface area contributed by atoms with Crippen LogP contribution in [0.2, 0.25) is 0 Å². The molecule has 3 rings (SSSR count). The number of nitrogens with one attached hydrogen (secondary N) is 1. The number of H-pyrrole nitrogens is 1. The number of aliphatic hydroxyl groups excluding tert-OH is 1. The number of nitrogens with zero attached hydrogens (tertiary/aromatic N) is 3. The van der Waals surface area contributed by atoms with E-state index in [1.165, 1.54) is 0 Å². The molecular formula is C17H18N4O. The monoisotopic (exact) mass is 294 g/mol. The van der Waals surface area contributed by atoms with Crippen LogP contribution >= 0.6 is 0 Å². The van der Waals surface area contributed by atoms with Gasteiger partial charge in [-0.2, -0.15) is 0 Å². The number of aliphatic hydroxyl groups is 1. The van der Waals surface area contributed by atoms with Gasteiger partial charge < -0.3 is 14.7 Å². The maximum Gasteiger partial charge on any atom is 0.156 e. The zero-order valence-corrected chi connectivity index (χ0v) is 12.5. The maximum atomic E-state index is 9.27. The highest BCUT2D eigenvalue weighted by Crippen LogP contribution is 2.31. The van der Waals surface area contributed by atoms with Crippen LogP contribution in [-0.4, -0.2) is 31.2 Å². The molecule has 0 unspecified atom stereocenters. The van der Waals surface area contributed by atoms with Crippen molar-refractivity contribution in [3.63, 3.8) is 0 Å². The molecule has 0 atom stereocenters. The Bertz CT molecular complexity index is 809. The van der Waals surface area contributed by atoms with Crippen LogP contribution in [0.1, 0.15) is 18.2 Å². The fraction of sp³-hybridized carbons (Fsp3) is 0.176. The summed E-state index contributed by atoms with van der Waals surface area (Å²) in [6.45, 7) is 6.53. The first-order chi connectivity index (χ1) is 10.8. The van der Waals surface area contributed by atoms with Crippen molar-refractivity contribution in [2.75, 3.05) is 6.61 Å². The van der Waals surface area contributed by atoms with E-state index < -0.39 is 0 Å². The van der Waals surface area contributed by atoms with Crippen LogP contribution < -0.4 is 0 Å². The van der Waals surface area contributed by atoms with Gasteiger partial charge in [0.25, 0.3) is 0 Å². The minimum absolute atomic E-state index is 0.0884. The SMILES string of the molecule is C=Cc1c(-c2cc3nccnc3[nH]2)cn(CCO)c1/C=C\C. The molecule has 0 saturated heterocycles. The van der Waals surface area contributed by atoms with Gasteiger partial charge in [-0.1, -0.05) is 18.7 Å². The topological polar surface area (TPSA) is 66.7 Å². The second kappa shape index (κ2) is 5.99. The predicted molar refractivity (Wildman–Crippen MR) is 89.2 cm³/mol. The summed E-state index contributed by atoms with van der Waals surface area (Å²) in [6, 6.07) is 1.98. The molecule has 3 aromatic heterocycles. The van der Waals surface area contributed by atoms with Crippen molar-refractivity contribution < 1.29 is 5.11 Å². The summed E-state index contributed by atoms with van der Waals surface area (Å²) in [5.74, 6) is 0. The van der Waals surface area contributed by atoms with Crippen molar-refractivity contribution >= 4 is 23.3 Å². The van der Waals surface area contributed by atoms with Gasteiger partial charge in [0.15, 0.2) is 5.65 Å². The predicted octanol–water partition coefficient (Wildman–Crippen LogP) is 3.09. The summed E-state index contributed by atoms with van der Waals surface area (Å²) >= 11 is 0. The average Bonchev–Trinajstić information content (AvgIpc) is 3.09. The van der Waals surface area contributed by atoms with Gasteiger partial charge >= 0.3 is 0 Å². The molecule has 5 nitrogen and oxygen atoms in total. The van der Waals surface area contributed by atoms with Crippen molar-refractivity contribution in [2.45, 2.75) is 13.5 Å². The molecule has 112 valence electrons. The molecule has 0 bridgehead atoms. The van der Waals surface area contributed by atoms with E-state index in [1.54, 1.807) is 12.4 Å². The number of aromatic nitrogens is 4. The molecule has 22 heavy (non-hydrogen) atoms. The second-order valence-electron chi connectivity index (χ2n) is 4.94. The summed E-state index contributed by atoms with van der Waals surface area (Å²) in [4.78, 5) is 11.9. The summed E-state index contributed by atoms with van der Waals surface area (Å²) < 4.78 is 2.03. The minimum atomic E-state index is 0.0884. The Balaban J connectivity index is 2.20. The number of hydrogen-bond donors (Lipinski definition) is 2. The lowest BCUT2D eigenvalue weighted by atomic mass is 10.1. The Morgan fingerprint density at radius 1 is 1.36 bits per heavy atom. The molecule has 2 N–H and O–H groups in total. The zero-order valence-electron chi connectivity index (χ0n) is 12.5. The van der Waals surface area contributed by atoms with E-state index in [2.05, 4.69) is 21.5 Å². The standard InChI is InChI=1S/C17H18N4O/c1-3-5-16-12(4-2)13(11-21(16)8-9-22)14-10-15-17(20-14)19-7-6-18-15/h3-7,10-11,22H,2,8-9H2,1H3,(H,19,20)/b5-3-. The highest BCUT2D eigenvalue weighted by molar-refractivity contribution is 5.85. The molecule has 0 aliphatic rings.